The molecular weight excluding hydrogens is 637 g/mol. The Kier molecular flexibility index (Phi) is 10.3. The summed E-state index contributed by atoms with van der Waals surface area (Å²) in [5.74, 6) is 0.623. The first-order chi connectivity index (χ1) is 20.7. The van der Waals surface area contributed by atoms with Crippen molar-refractivity contribution >= 4 is 61.8 Å². The monoisotopic (exact) mass is 664 g/mol. The number of nitrogens with one attached hydrogen (secondary N) is 1. The average molecular weight is 665 g/mol. The highest BCUT2D eigenvalue weighted by molar-refractivity contribution is 7.10. The fourth-order valence-corrected chi connectivity index (χ4v) is 5.59. The summed E-state index contributed by atoms with van der Waals surface area (Å²) in [6.45, 7) is 5.75. The summed E-state index contributed by atoms with van der Waals surface area (Å²) < 4.78 is 46.0. The van der Waals surface area contributed by atoms with Crippen LogP contribution in [0.2, 0.25) is 5.28 Å². The third-order valence-corrected chi connectivity index (χ3v) is 7.71. The van der Waals surface area contributed by atoms with Gasteiger partial charge in [0.25, 0.3) is 0 Å². The van der Waals surface area contributed by atoms with Gasteiger partial charge in [0.15, 0.2) is 5.82 Å². The van der Waals surface area contributed by atoms with E-state index in [1.165, 1.54) is 23.7 Å². The fourth-order valence-electron chi connectivity index (χ4n) is 4.00. The Balaban J connectivity index is 0.000000265. The number of benzene rings is 2. The second-order valence-electron chi connectivity index (χ2n) is 10.5. The Morgan fingerprint density at radius 1 is 1.05 bits per heavy atom. The second kappa shape index (κ2) is 13.8. The zero-order valence-corrected chi connectivity index (χ0v) is 26.1. The van der Waals surface area contributed by atoms with Crippen molar-refractivity contribution in [3.8, 4) is 11.4 Å². The predicted octanol–water partition coefficient (Wildman–Crippen LogP) is 7.23. The van der Waals surface area contributed by atoms with E-state index in [-0.39, 0.29) is 16.5 Å². The number of halogens is 4. The van der Waals surface area contributed by atoms with Crippen molar-refractivity contribution in [2.45, 2.75) is 44.9 Å². The van der Waals surface area contributed by atoms with E-state index in [0.29, 0.717) is 23.9 Å². The number of amides is 1. The number of nitrogens with zero attached hydrogens (tertiary/aromatic N) is 6. The largest absolute Gasteiger partial charge is 0.465 e. The number of alkyl halides is 3. The summed E-state index contributed by atoms with van der Waals surface area (Å²) >= 11 is 7.73. The lowest BCUT2D eigenvalue weighted by Gasteiger charge is -2.30. The van der Waals surface area contributed by atoms with E-state index in [4.69, 9.17) is 22.4 Å². The zero-order chi connectivity index (χ0) is 32.1. The molecule has 5 rings (SSSR count). The Hall–Kier alpha value is -3.92. The molecule has 4 N–H and O–H groups in total. The van der Waals surface area contributed by atoms with Crippen molar-refractivity contribution in [1.82, 2.24) is 23.7 Å². The first-order valence-corrected chi connectivity index (χ1v) is 15.0. The predicted molar refractivity (Wildman–Crippen MR) is 167 cm³/mol. The summed E-state index contributed by atoms with van der Waals surface area (Å²) in [5, 5.41) is 15.3. The summed E-state index contributed by atoms with van der Waals surface area (Å²) in [4.78, 5) is 24.5. The lowest BCUT2D eigenvalue weighted by molar-refractivity contribution is -0.137. The SMILES string of the molecule is CC(C)(C)N(C(=O)O)c1nc(Cl)ns1.N[C@H](CNc1nc(-c2ccc3cnccc3c2)ns1)Cc1ccc(C(F)(F)F)cc1. The number of anilines is 2. The molecule has 0 aliphatic carbocycles. The summed E-state index contributed by atoms with van der Waals surface area (Å²) in [7, 11) is 0. The maximum Gasteiger partial charge on any atom is 0.416 e. The van der Waals surface area contributed by atoms with Crippen LogP contribution in [0, 0.1) is 0 Å². The number of pyridine rings is 1. The van der Waals surface area contributed by atoms with Crippen LogP contribution < -0.4 is 16.0 Å². The van der Waals surface area contributed by atoms with Gasteiger partial charge in [-0.05, 0) is 74.0 Å². The van der Waals surface area contributed by atoms with Gasteiger partial charge < -0.3 is 16.2 Å². The molecule has 0 aliphatic rings. The third kappa shape index (κ3) is 8.81. The number of nitrogens with two attached hydrogens (primary N) is 1. The van der Waals surface area contributed by atoms with Gasteiger partial charge >= 0.3 is 12.3 Å². The molecule has 3 heterocycles. The van der Waals surface area contributed by atoms with Gasteiger partial charge in [-0.15, -0.1) is 0 Å². The number of carbonyl (C=O) groups is 1. The molecule has 0 radical (unpaired) electrons. The smallest absolute Gasteiger partial charge is 0.416 e. The van der Waals surface area contributed by atoms with Crippen LogP contribution >= 0.6 is 34.7 Å². The molecule has 1 atom stereocenters. The van der Waals surface area contributed by atoms with Crippen molar-refractivity contribution in [3.63, 3.8) is 0 Å². The van der Waals surface area contributed by atoms with Gasteiger partial charge in [-0.25, -0.2) is 9.69 Å². The second-order valence-corrected chi connectivity index (χ2v) is 12.4. The molecule has 44 heavy (non-hydrogen) atoms. The van der Waals surface area contributed by atoms with Crippen LogP contribution in [0.25, 0.3) is 22.2 Å². The molecule has 0 saturated carbocycles. The molecule has 10 nitrogen and oxygen atoms in total. The maximum absolute atomic E-state index is 12.6. The summed E-state index contributed by atoms with van der Waals surface area (Å²) in [5.41, 5.74) is 6.56. The minimum Gasteiger partial charge on any atom is -0.465 e. The minimum absolute atomic E-state index is 0.0699. The Labute approximate surface area is 264 Å². The third-order valence-electron chi connectivity index (χ3n) is 6.06. The number of fused-ring (bicyclic) bond motifs is 1. The van der Waals surface area contributed by atoms with E-state index in [9.17, 15) is 18.0 Å². The maximum atomic E-state index is 12.6. The van der Waals surface area contributed by atoms with Crippen molar-refractivity contribution in [2.75, 3.05) is 16.8 Å². The molecule has 3 aromatic heterocycles. The van der Waals surface area contributed by atoms with E-state index in [2.05, 4.69) is 29.0 Å². The van der Waals surface area contributed by atoms with Crippen molar-refractivity contribution in [3.05, 3.63) is 77.3 Å². The highest BCUT2D eigenvalue weighted by Crippen LogP contribution is 2.30. The molecule has 0 unspecified atom stereocenters. The van der Waals surface area contributed by atoms with Crippen LogP contribution in [-0.2, 0) is 12.6 Å². The highest BCUT2D eigenvalue weighted by atomic mass is 35.5. The van der Waals surface area contributed by atoms with Crippen molar-refractivity contribution < 1.29 is 23.1 Å². The zero-order valence-electron chi connectivity index (χ0n) is 23.7. The van der Waals surface area contributed by atoms with Gasteiger partial charge in [-0.3, -0.25) is 4.98 Å². The first kappa shape index (κ1) is 33.0. The number of aromatic nitrogens is 5. The molecule has 0 fully saturated rings. The number of rotatable bonds is 7. The molecule has 0 aliphatic heterocycles. The highest BCUT2D eigenvalue weighted by Gasteiger charge is 2.31. The fraction of sp³-hybridized carbons (Fsp3) is 0.286. The normalized spacial score (nSPS) is 12.4. The summed E-state index contributed by atoms with van der Waals surface area (Å²) in [6.07, 6.45) is -1.40. The van der Waals surface area contributed by atoms with Gasteiger partial charge in [0.1, 0.15) is 0 Å². The van der Waals surface area contributed by atoms with E-state index in [1.807, 2.05) is 24.3 Å². The quantitative estimate of drug-likeness (QED) is 0.164. The minimum atomic E-state index is -4.33. The van der Waals surface area contributed by atoms with Crippen molar-refractivity contribution in [1.29, 1.82) is 0 Å². The van der Waals surface area contributed by atoms with Crippen LogP contribution in [0.3, 0.4) is 0 Å². The molecule has 232 valence electrons. The Bertz CT molecular complexity index is 1710. The van der Waals surface area contributed by atoms with Gasteiger partial charge in [-0.2, -0.15) is 31.9 Å². The molecule has 1 amide bonds. The molecule has 16 heteroatoms. The van der Waals surface area contributed by atoms with Crippen LogP contribution in [-0.4, -0.2) is 53.0 Å². The Morgan fingerprint density at radius 2 is 1.77 bits per heavy atom. The van der Waals surface area contributed by atoms with Gasteiger partial charge in [0.2, 0.25) is 15.5 Å². The molecule has 0 spiro atoms. The molecule has 0 saturated heterocycles. The number of carboxylic acid groups (broad SMARTS) is 1. The van der Waals surface area contributed by atoms with Gasteiger partial charge in [0.05, 0.1) is 5.56 Å². The molecule has 5 aromatic rings. The Morgan fingerprint density at radius 3 is 2.39 bits per heavy atom. The lowest BCUT2D eigenvalue weighted by Crippen LogP contribution is -2.45. The van der Waals surface area contributed by atoms with Crippen LogP contribution in [0.1, 0.15) is 31.9 Å². The number of hydrogen-bond acceptors (Lipinski definition) is 10. The van der Waals surface area contributed by atoms with E-state index < -0.39 is 23.4 Å². The molecule has 2 aromatic carbocycles. The van der Waals surface area contributed by atoms with E-state index in [0.717, 1.165) is 50.5 Å². The van der Waals surface area contributed by atoms with Gasteiger partial charge in [-0.1, -0.05) is 24.3 Å². The summed E-state index contributed by atoms with van der Waals surface area (Å²) in [6, 6.07) is 12.7. The topological polar surface area (TPSA) is 143 Å². The first-order valence-electron chi connectivity index (χ1n) is 13.1. The van der Waals surface area contributed by atoms with Crippen LogP contribution in [0.15, 0.2) is 60.9 Å². The van der Waals surface area contributed by atoms with Crippen LogP contribution in [0.4, 0.5) is 28.2 Å². The lowest BCUT2D eigenvalue weighted by atomic mass is 10.0. The standard InChI is InChI=1S/C21H18F3N5S.C7H10ClN3O2S/c22-21(23,24)17-5-1-13(2-6-17)9-18(25)12-27-20-28-19(29-30-20)15-3-4-16-11-26-8-7-14(16)10-15;1-7(2,3)11(6(12)13)5-9-4(8)10-14-5/h1-8,10-11,18H,9,12,25H2,(H,27,28,29);1-3H3,(H,12,13)/t18-;/m0./s1. The van der Waals surface area contributed by atoms with E-state index >= 15 is 0 Å². The van der Waals surface area contributed by atoms with E-state index in [1.54, 1.807) is 33.2 Å². The van der Waals surface area contributed by atoms with Crippen molar-refractivity contribution in [2.24, 2.45) is 5.73 Å². The number of hydrogen-bond donors (Lipinski definition) is 3. The van der Waals surface area contributed by atoms with Gasteiger partial charge in [0, 0.05) is 64.5 Å². The average Bonchev–Trinajstić information content (AvgIpc) is 3.60. The molecule has 0 bridgehead atoms. The van der Waals surface area contributed by atoms with Crippen LogP contribution in [0.5, 0.6) is 0 Å². The molecular formula is C28H28ClF3N8O2S2.